The third-order valence-electron chi connectivity index (χ3n) is 5.42. The first kappa shape index (κ1) is 20.4. The molecule has 6 nitrogen and oxygen atoms in total. The summed E-state index contributed by atoms with van der Waals surface area (Å²) in [5.74, 6) is 0.0876. The van der Waals surface area contributed by atoms with Crippen molar-refractivity contribution in [3.63, 3.8) is 0 Å². The van der Waals surface area contributed by atoms with E-state index in [-0.39, 0.29) is 11.8 Å². The van der Waals surface area contributed by atoms with Gasteiger partial charge in [-0.15, -0.1) is 0 Å². The van der Waals surface area contributed by atoms with Crippen LogP contribution in [-0.4, -0.2) is 61.4 Å². The van der Waals surface area contributed by atoms with Gasteiger partial charge in [-0.1, -0.05) is 23.7 Å². The molecule has 7 heteroatoms. The van der Waals surface area contributed by atoms with E-state index in [0.717, 1.165) is 13.1 Å². The van der Waals surface area contributed by atoms with Gasteiger partial charge in [0.25, 0.3) is 11.8 Å². The number of ether oxygens (including phenoxy) is 1. The fraction of sp³-hybridized carbons (Fsp3) is 0.304. The number of amides is 2. The molecule has 1 fully saturated rings. The summed E-state index contributed by atoms with van der Waals surface area (Å²) in [5.41, 5.74) is 2.11. The van der Waals surface area contributed by atoms with Gasteiger partial charge in [-0.25, -0.2) is 4.90 Å². The van der Waals surface area contributed by atoms with E-state index in [2.05, 4.69) is 11.9 Å². The lowest BCUT2D eigenvalue weighted by Gasteiger charge is -2.34. The molecule has 30 heavy (non-hydrogen) atoms. The predicted molar refractivity (Wildman–Crippen MR) is 118 cm³/mol. The van der Waals surface area contributed by atoms with Gasteiger partial charge in [-0.3, -0.25) is 9.59 Å². The number of piperazine rings is 1. The Morgan fingerprint density at radius 2 is 1.53 bits per heavy atom. The number of anilines is 1. The van der Waals surface area contributed by atoms with Gasteiger partial charge in [0.15, 0.2) is 0 Å². The van der Waals surface area contributed by atoms with Crippen LogP contribution >= 0.6 is 11.6 Å². The van der Waals surface area contributed by atoms with Crippen LogP contribution in [-0.2, 0) is 9.59 Å². The average Bonchev–Trinajstić information content (AvgIpc) is 3.00. The standard InChI is InChI=1S/C23H24ClN3O3/c1-3-30-19-10-8-18(9-11-19)27-22(28)20(16-4-6-17(24)7-5-16)21(23(27)29)26-14-12-25(2)13-15-26/h4-11H,3,12-15H2,1-2H3. The molecule has 2 aliphatic rings. The zero-order chi connectivity index (χ0) is 21.3. The second-order valence-corrected chi connectivity index (χ2v) is 7.83. The van der Waals surface area contributed by atoms with Crippen molar-refractivity contribution in [2.24, 2.45) is 0 Å². The monoisotopic (exact) mass is 425 g/mol. The fourth-order valence-corrected chi connectivity index (χ4v) is 3.94. The van der Waals surface area contributed by atoms with Gasteiger partial charge in [0.1, 0.15) is 11.4 Å². The zero-order valence-corrected chi connectivity index (χ0v) is 17.9. The molecule has 0 spiro atoms. The molecule has 0 radical (unpaired) electrons. The number of carbonyl (C=O) groups is 2. The molecule has 2 aliphatic heterocycles. The topological polar surface area (TPSA) is 53.1 Å². The predicted octanol–water partition coefficient (Wildman–Crippen LogP) is 3.27. The molecule has 0 aromatic heterocycles. The van der Waals surface area contributed by atoms with Gasteiger partial charge in [-0.05, 0) is 55.9 Å². The Morgan fingerprint density at radius 3 is 2.13 bits per heavy atom. The second kappa shape index (κ2) is 8.50. The minimum absolute atomic E-state index is 0.293. The molecular weight excluding hydrogens is 402 g/mol. The number of likely N-dealkylation sites (N-methyl/N-ethyl adjacent to an activating group) is 1. The van der Waals surface area contributed by atoms with Crippen molar-refractivity contribution >= 4 is 34.7 Å². The highest BCUT2D eigenvalue weighted by atomic mass is 35.5. The first-order valence-corrected chi connectivity index (χ1v) is 10.4. The highest BCUT2D eigenvalue weighted by Gasteiger charge is 2.42. The van der Waals surface area contributed by atoms with E-state index in [0.29, 0.717) is 53.0 Å². The zero-order valence-electron chi connectivity index (χ0n) is 17.1. The Labute approximate surface area is 181 Å². The van der Waals surface area contributed by atoms with Gasteiger partial charge in [0.05, 0.1) is 17.9 Å². The van der Waals surface area contributed by atoms with E-state index in [1.807, 2.05) is 11.8 Å². The number of benzene rings is 2. The van der Waals surface area contributed by atoms with Crippen LogP contribution in [0.25, 0.3) is 5.57 Å². The fourth-order valence-electron chi connectivity index (χ4n) is 3.81. The van der Waals surface area contributed by atoms with Crippen LogP contribution < -0.4 is 9.64 Å². The molecule has 0 N–H and O–H groups in total. The molecule has 2 aromatic carbocycles. The summed E-state index contributed by atoms with van der Waals surface area (Å²) in [7, 11) is 2.06. The summed E-state index contributed by atoms with van der Waals surface area (Å²) in [4.78, 5) is 32.5. The molecule has 0 saturated carbocycles. The van der Waals surface area contributed by atoms with Crippen LogP contribution in [0.4, 0.5) is 5.69 Å². The summed E-state index contributed by atoms with van der Waals surface area (Å²) in [5, 5.41) is 0.584. The van der Waals surface area contributed by atoms with E-state index in [1.54, 1.807) is 48.5 Å². The molecule has 0 aliphatic carbocycles. The van der Waals surface area contributed by atoms with Crippen molar-refractivity contribution in [2.75, 3.05) is 44.7 Å². The van der Waals surface area contributed by atoms with Crippen molar-refractivity contribution in [3.8, 4) is 5.75 Å². The van der Waals surface area contributed by atoms with Crippen molar-refractivity contribution in [1.82, 2.24) is 9.80 Å². The Hall–Kier alpha value is -2.83. The largest absolute Gasteiger partial charge is 0.494 e. The molecule has 0 bridgehead atoms. The lowest BCUT2D eigenvalue weighted by Crippen LogP contribution is -2.46. The van der Waals surface area contributed by atoms with Crippen LogP contribution in [0, 0.1) is 0 Å². The van der Waals surface area contributed by atoms with Crippen LogP contribution in [0.15, 0.2) is 54.2 Å². The first-order chi connectivity index (χ1) is 14.5. The molecular formula is C23H24ClN3O3. The molecule has 0 unspecified atom stereocenters. The second-order valence-electron chi connectivity index (χ2n) is 7.39. The third-order valence-corrected chi connectivity index (χ3v) is 5.67. The molecule has 2 aromatic rings. The van der Waals surface area contributed by atoms with Gasteiger partial charge in [0, 0.05) is 31.2 Å². The Balaban J connectivity index is 1.74. The van der Waals surface area contributed by atoms with Crippen molar-refractivity contribution < 1.29 is 14.3 Å². The molecule has 4 rings (SSSR count). The number of rotatable bonds is 5. The van der Waals surface area contributed by atoms with E-state index >= 15 is 0 Å². The molecule has 2 heterocycles. The summed E-state index contributed by atoms with van der Waals surface area (Å²) >= 11 is 6.04. The van der Waals surface area contributed by atoms with E-state index in [1.165, 1.54) is 4.90 Å². The van der Waals surface area contributed by atoms with Crippen molar-refractivity contribution in [2.45, 2.75) is 6.92 Å². The smallest absolute Gasteiger partial charge is 0.282 e. The summed E-state index contributed by atoms with van der Waals surface area (Å²) < 4.78 is 5.48. The first-order valence-electron chi connectivity index (χ1n) is 10.0. The summed E-state index contributed by atoms with van der Waals surface area (Å²) in [6.07, 6.45) is 0. The molecule has 1 saturated heterocycles. The molecule has 156 valence electrons. The number of hydrogen-bond donors (Lipinski definition) is 0. The van der Waals surface area contributed by atoms with Crippen LogP contribution in [0.3, 0.4) is 0 Å². The number of halogens is 1. The van der Waals surface area contributed by atoms with Crippen LogP contribution in [0.5, 0.6) is 5.75 Å². The van der Waals surface area contributed by atoms with E-state index in [9.17, 15) is 9.59 Å². The van der Waals surface area contributed by atoms with Crippen molar-refractivity contribution in [1.29, 1.82) is 0 Å². The summed E-state index contributed by atoms with van der Waals surface area (Å²) in [6.45, 7) is 5.52. The van der Waals surface area contributed by atoms with Gasteiger partial charge in [0.2, 0.25) is 0 Å². The maximum Gasteiger partial charge on any atom is 0.282 e. The number of imide groups is 1. The van der Waals surface area contributed by atoms with Crippen LogP contribution in [0.1, 0.15) is 12.5 Å². The van der Waals surface area contributed by atoms with Crippen molar-refractivity contribution in [3.05, 3.63) is 64.8 Å². The quantitative estimate of drug-likeness (QED) is 0.688. The maximum absolute atomic E-state index is 13.5. The van der Waals surface area contributed by atoms with Gasteiger partial charge in [-0.2, -0.15) is 0 Å². The highest BCUT2D eigenvalue weighted by molar-refractivity contribution is 6.45. The normalized spacial score (nSPS) is 17.8. The Bertz CT molecular complexity index is 978. The molecule has 2 amide bonds. The number of nitrogens with zero attached hydrogens (tertiary/aromatic N) is 3. The average molecular weight is 426 g/mol. The Kier molecular flexibility index (Phi) is 5.79. The van der Waals surface area contributed by atoms with Gasteiger partial charge >= 0.3 is 0 Å². The lowest BCUT2D eigenvalue weighted by molar-refractivity contribution is -0.120. The number of hydrogen-bond acceptors (Lipinski definition) is 5. The molecule has 0 atom stereocenters. The minimum Gasteiger partial charge on any atom is -0.494 e. The Morgan fingerprint density at radius 1 is 0.900 bits per heavy atom. The number of carbonyl (C=O) groups excluding carboxylic acids is 2. The summed E-state index contributed by atoms with van der Waals surface area (Å²) in [6, 6.07) is 14.1. The maximum atomic E-state index is 13.5. The highest BCUT2D eigenvalue weighted by Crippen LogP contribution is 2.36. The lowest BCUT2D eigenvalue weighted by atomic mass is 10.0. The van der Waals surface area contributed by atoms with Gasteiger partial charge < -0.3 is 14.5 Å². The van der Waals surface area contributed by atoms with E-state index < -0.39 is 0 Å². The van der Waals surface area contributed by atoms with Crippen LogP contribution in [0.2, 0.25) is 5.02 Å². The third kappa shape index (κ3) is 3.80. The SMILES string of the molecule is CCOc1ccc(N2C(=O)C(c3ccc(Cl)cc3)=C(N3CCN(C)CC3)C2=O)cc1. The minimum atomic E-state index is -0.319. The van der Waals surface area contributed by atoms with E-state index in [4.69, 9.17) is 16.3 Å².